The molecule has 170 valence electrons. The van der Waals surface area contributed by atoms with E-state index in [1.54, 1.807) is 37.6 Å². The van der Waals surface area contributed by atoms with E-state index in [0.29, 0.717) is 21.4 Å². The lowest BCUT2D eigenvalue weighted by Gasteiger charge is -2.11. The van der Waals surface area contributed by atoms with Gasteiger partial charge in [-0.25, -0.2) is 4.79 Å². The summed E-state index contributed by atoms with van der Waals surface area (Å²) in [5.74, 6) is 0.691. The van der Waals surface area contributed by atoms with E-state index in [0.717, 1.165) is 11.4 Å². The molecule has 3 aromatic rings. The zero-order valence-corrected chi connectivity index (χ0v) is 19.9. The number of nitrogens with one attached hydrogen (secondary N) is 2. The fourth-order valence-electron chi connectivity index (χ4n) is 2.66. The number of ether oxygens (including phenoxy) is 3. The molecule has 7 nitrogen and oxygen atoms in total. The Balaban J connectivity index is 1.61. The Bertz CT molecular complexity index is 1190. The van der Waals surface area contributed by atoms with E-state index in [9.17, 15) is 4.79 Å². The predicted octanol–water partition coefficient (Wildman–Crippen LogP) is 5.55. The van der Waals surface area contributed by atoms with Crippen LogP contribution < -0.4 is 25.0 Å². The topological polar surface area (TPSA) is 81.2 Å². The third-order valence-electron chi connectivity index (χ3n) is 4.27. The van der Waals surface area contributed by atoms with Gasteiger partial charge in [-0.3, -0.25) is 5.43 Å². The summed E-state index contributed by atoms with van der Waals surface area (Å²) in [5, 5.41) is 8.04. The molecular formula is C23H19Cl2N3O4S. The van der Waals surface area contributed by atoms with Crippen LogP contribution in [0.5, 0.6) is 17.2 Å². The number of hydrogen-bond donors (Lipinski definition) is 2. The molecule has 0 spiro atoms. The van der Waals surface area contributed by atoms with Crippen LogP contribution in [0.4, 0.5) is 5.69 Å². The van der Waals surface area contributed by atoms with Gasteiger partial charge in [0, 0.05) is 10.7 Å². The molecule has 0 bridgehead atoms. The van der Waals surface area contributed by atoms with Crippen molar-refractivity contribution in [2.24, 2.45) is 5.10 Å². The molecule has 3 aromatic carbocycles. The number of rotatable bonds is 7. The lowest BCUT2D eigenvalue weighted by Crippen LogP contribution is -2.23. The van der Waals surface area contributed by atoms with E-state index in [-0.39, 0.29) is 16.3 Å². The minimum absolute atomic E-state index is 0.191. The molecular weight excluding hydrogens is 485 g/mol. The molecule has 0 radical (unpaired) electrons. The van der Waals surface area contributed by atoms with Crippen molar-refractivity contribution in [3.8, 4) is 17.2 Å². The maximum Gasteiger partial charge on any atom is 0.345 e. The number of anilines is 1. The van der Waals surface area contributed by atoms with Gasteiger partial charge in [0.25, 0.3) is 0 Å². The van der Waals surface area contributed by atoms with Gasteiger partial charge in [-0.2, -0.15) is 5.10 Å². The van der Waals surface area contributed by atoms with Crippen molar-refractivity contribution < 1.29 is 19.0 Å². The maximum atomic E-state index is 12.5. The van der Waals surface area contributed by atoms with Gasteiger partial charge in [-0.1, -0.05) is 23.2 Å². The monoisotopic (exact) mass is 503 g/mol. The van der Waals surface area contributed by atoms with E-state index in [4.69, 9.17) is 49.6 Å². The van der Waals surface area contributed by atoms with Crippen LogP contribution in [0.3, 0.4) is 0 Å². The molecule has 33 heavy (non-hydrogen) atoms. The number of methoxy groups -OCH3 is 2. The number of hydrazone groups is 1. The van der Waals surface area contributed by atoms with Crippen LogP contribution in [0.2, 0.25) is 10.0 Å². The van der Waals surface area contributed by atoms with Crippen molar-refractivity contribution >= 4 is 58.4 Å². The number of thiocarbonyl (C=S) groups is 1. The Labute approximate surface area is 206 Å². The standard InChI is InChI=1S/C23H19Cl2N3O4S/c1-30-17-7-5-16(6-8-17)27-23(33)28-26-13-14-3-10-20(21(11-14)31-2)32-22(29)18-9-4-15(24)12-19(18)25/h3-13H,1-2H3,(H2,27,28,33)/b26-13+. The molecule has 0 atom stereocenters. The molecule has 3 rings (SSSR count). The SMILES string of the molecule is COc1ccc(NC(=S)N/N=C/c2ccc(OC(=O)c3ccc(Cl)cc3Cl)c(OC)c2)cc1. The molecule has 0 aliphatic carbocycles. The molecule has 10 heteroatoms. The third kappa shape index (κ3) is 6.82. The Morgan fingerprint density at radius 1 is 0.970 bits per heavy atom. The number of esters is 1. The van der Waals surface area contributed by atoms with Crippen molar-refractivity contribution in [1.29, 1.82) is 0 Å². The second-order valence-corrected chi connectivity index (χ2v) is 7.73. The van der Waals surface area contributed by atoms with Gasteiger partial charge in [0.1, 0.15) is 5.75 Å². The molecule has 0 saturated heterocycles. The Morgan fingerprint density at radius 2 is 1.73 bits per heavy atom. The Morgan fingerprint density at radius 3 is 2.39 bits per heavy atom. The Kier molecular flexibility index (Phi) is 8.48. The fourth-order valence-corrected chi connectivity index (χ4v) is 3.31. The summed E-state index contributed by atoms with van der Waals surface area (Å²) in [4.78, 5) is 12.5. The van der Waals surface area contributed by atoms with Crippen molar-refractivity contribution in [1.82, 2.24) is 5.43 Å². The first kappa shape index (κ1) is 24.3. The molecule has 0 aliphatic rings. The van der Waals surface area contributed by atoms with Crippen LogP contribution in [0.1, 0.15) is 15.9 Å². The summed E-state index contributed by atoms with van der Waals surface area (Å²) in [7, 11) is 3.07. The van der Waals surface area contributed by atoms with Gasteiger partial charge in [0.2, 0.25) is 0 Å². The molecule has 0 unspecified atom stereocenters. The average molecular weight is 504 g/mol. The van der Waals surface area contributed by atoms with Crippen molar-refractivity contribution in [3.63, 3.8) is 0 Å². The van der Waals surface area contributed by atoms with Gasteiger partial charge in [-0.05, 0) is 78.4 Å². The largest absolute Gasteiger partial charge is 0.497 e. The summed E-state index contributed by atoms with van der Waals surface area (Å²) in [5.41, 5.74) is 4.40. The quantitative estimate of drug-likeness (QED) is 0.144. The van der Waals surface area contributed by atoms with Crippen LogP contribution in [0, 0.1) is 0 Å². The molecule has 0 fully saturated rings. The second-order valence-electron chi connectivity index (χ2n) is 6.48. The summed E-state index contributed by atoms with van der Waals surface area (Å²) in [6.45, 7) is 0. The first-order valence-electron chi connectivity index (χ1n) is 9.49. The summed E-state index contributed by atoms with van der Waals surface area (Å²) < 4.78 is 15.9. The first-order valence-corrected chi connectivity index (χ1v) is 10.7. The van der Waals surface area contributed by atoms with E-state index in [1.807, 2.05) is 24.3 Å². The van der Waals surface area contributed by atoms with Crippen molar-refractivity contribution in [2.45, 2.75) is 0 Å². The minimum Gasteiger partial charge on any atom is -0.497 e. The second kappa shape index (κ2) is 11.5. The predicted molar refractivity (Wildman–Crippen MR) is 134 cm³/mol. The fraction of sp³-hybridized carbons (Fsp3) is 0.0870. The van der Waals surface area contributed by atoms with E-state index in [1.165, 1.54) is 19.2 Å². The zero-order chi connectivity index (χ0) is 23.8. The van der Waals surface area contributed by atoms with Crippen molar-refractivity contribution in [3.05, 3.63) is 81.8 Å². The molecule has 0 saturated carbocycles. The van der Waals surface area contributed by atoms with Crippen LogP contribution in [-0.4, -0.2) is 31.5 Å². The van der Waals surface area contributed by atoms with Gasteiger partial charge in [0.05, 0.1) is 31.0 Å². The number of carbonyl (C=O) groups is 1. The first-order chi connectivity index (χ1) is 15.9. The summed E-state index contributed by atoms with van der Waals surface area (Å²) in [6, 6.07) is 16.8. The van der Waals surface area contributed by atoms with E-state index < -0.39 is 5.97 Å². The van der Waals surface area contributed by atoms with Crippen LogP contribution >= 0.6 is 35.4 Å². The molecule has 0 heterocycles. The van der Waals surface area contributed by atoms with Gasteiger partial charge >= 0.3 is 5.97 Å². The number of nitrogens with zero attached hydrogens (tertiary/aromatic N) is 1. The normalized spacial score (nSPS) is 10.5. The number of hydrogen-bond acceptors (Lipinski definition) is 6. The maximum absolute atomic E-state index is 12.5. The number of halogens is 2. The lowest BCUT2D eigenvalue weighted by atomic mass is 10.2. The zero-order valence-electron chi connectivity index (χ0n) is 17.6. The molecule has 0 aliphatic heterocycles. The smallest absolute Gasteiger partial charge is 0.345 e. The van der Waals surface area contributed by atoms with Crippen LogP contribution in [0.15, 0.2) is 65.8 Å². The number of benzene rings is 3. The molecule has 0 aromatic heterocycles. The summed E-state index contributed by atoms with van der Waals surface area (Å²) >= 11 is 17.2. The number of carbonyl (C=O) groups excluding carboxylic acids is 1. The average Bonchev–Trinajstić information content (AvgIpc) is 2.80. The van der Waals surface area contributed by atoms with Gasteiger partial charge in [0.15, 0.2) is 16.6 Å². The molecule has 2 N–H and O–H groups in total. The van der Waals surface area contributed by atoms with E-state index in [2.05, 4.69) is 15.8 Å². The highest BCUT2D eigenvalue weighted by Gasteiger charge is 2.16. The highest BCUT2D eigenvalue weighted by atomic mass is 35.5. The Hall–Kier alpha value is -3.33. The van der Waals surface area contributed by atoms with Gasteiger partial charge in [-0.15, -0.1) is 0 Å². The van der Waals surface area contributed by atoms with Crippen molar-refractivity contribution in [2.75, 3.05) is 19.5 Å². The highest BCUT2D eigenvalue weighted by Crippen LogP contribution is 2.30. The third-order valence-corrected chi connectivity index (χ3v) is 5.01. The van der Waals surface area contributed by atoms with E-state index >= 15 is 0 Å². The molecule has 0 amide bonds. The minimum atomic E-state index is -0.631. The highest BCUT2D eigenvalue weighted by molar-refractivity contribution is 7.80. The van der Waals surface area contributed by atoms with Crippen LogP contribution in [0.25, 0.3) is 0 Å². The van der Waals surface area contributed by atoms with Gasteiger partial charge < -0.3 is 19.5 Å². The summed E-state index contributed by atoms with van der Waals surface area (Å²) in [6.07, 6.45) is 1.55. The lowest BCUT2D eigenvalue weighted by molar-refractivity contribution is 0.0730. The van der Waals surface area contributed by atoms with Crippen LogP contribution in [-0.2, 0) is 0 Å².